The van der Waals surface area contributed by atoms with Crippen LogP contribution in [0.2, 0.25) is 0 Å². The Morgan fingerprint density at radius 3 is 1.26 bits per heavy atom. The summed E-state index contributed by atoms with van der Waals surface area (Å²) in [7, 11) is -3.00. The maximum atomic E-state index is 4.13. The highest BCUT2D eigenvalue weighted by molar-refractivity contribution is 7.22. The van der Waals surface area contributed by atoms with Crippen LogP contribution in [0.1, 0.15) is 63.8 Å². The number of hydrogen-bond acceptors (Lipinski definition) is 1. The zero-order valence-electron chi connectivity index (χ0n) is 36.9. The topological polar surface area (TPSA) is 3.24 Å². The molecule has 0 saturated carbocycles. The maximum Gasteiger partial charge on any atom is 0.0513 e. The smallest absolute Gasteiger partial charge is 0.0513 e. The lowest BCUT2D eigenvalue weighted by Crippen LogP contribution is -2.73. The van der Waals surface area contributed by atoms with E-state index < -0.39 is 8.07 Å². The number of hydrogen-bond donors (Lipinski definition) is 0. The monoisotopic (exact) mass is 817 g/mol. The van der Waals surface area contributed by atoms with Crippen molar-refractivity contribution < 1.29 is 0 Å². The van der Waals surface area contributed by atoms with Crippen molar-refractivity contribution in [2.45, 2.75) is 52.4 Å². The predicted molar refractivity (Wildman–Crippen MR) is 272 cm³/mol. The molecule has 305 valence electrons. The Morgan fingerprint density at radius 2 is 0.839 bits per heavy atom. The number of benzene rings is 8. The molecule has 62 heavy (non-hydrogen) atoms. The molecule has 8 aromatic rings. The molecule has 1 aliphatic rings. The molecule has 0 saturated heterocycles. The van der Waals surface area contributed by atoms with Crippen LogP contribution in [0.15, 0.2) is 201 Å². The van der Waals surface area contributed by atoms with Crippen molar-refractivity contribution in [1.29, 1.82) is 0 Å². The summed E-state index contributed by atoms with van der Waals surface area (Å²) in [6, 6.07) is 70.7. The summed E-state index contributed by atoms with van der Waals surface area (Å²) in [5.41, 5.74) is 15.5. The van der Waals surface area contributed by atoms with E-state index in [-0.39, 0.29) is 10.8 Å². The van der Waals surface area contributed by atoms with Gasteiger partial charge in [-0.15, -0.1) is 0 Å². The molecule has 0 bridgehead atoms. The lowest BCUT2D eigenvalue weighted by molar-refractivity contribution is 0.590. The van der Waals surface area contributed by atoms with E-state index in [1.165, 1.54) is 70.9 Å². The summed E-state index contributed by atoms with van der Waals surface area (Å²) >= 11 is 0. The Labute approximate surface area is 370 Å². The third-order valence-corrected chi connectivity index (χ3v) is 17.6. The average molecular weight is 818 g/mol. The Morgan fingerprint density at radius 1 is 0.419 bits per heavy atom. The van der Waals surface area contributed by atoms with Crippen molar-refractivity contribution in [3.05, 3.63) is 223 Å². The van der Waals surface area contributed by atoms with Gasteiger partial charge in [-0.2, -0.15) is 20.7 Å². The lowest BCUT2D eigenvalue weighted by atomic mass is 9.84. The fraction of sp³-hybridized carbons (Fsp3) is 0.133. The standard InChI is InChI=1S/C60H55NSi/c1-9-42-21-34-52(35-22-42)62(53-36-23-43(10-2)24-37-53)56-40-48(59(3,4)5)29-38-54(56)58-55(39-49(41-57(58)62)60(6,7)8)61(50-30-25-46(26-31-50)44-17-13-11-14-18-44)51-32-27-47(28-33-51)45-19-15-12-16-20-45/h9-41H,1-2H2,3-8H3/q-1. The van der Waals surface area contributed by atoms with Crippen molar-refractivity contribution in [3.63, 3.8) is 0 Å². The molecule has 0 atom stereocenters. The lowest BCUT2D eigenvalue weighted by Gasteiger charge is -2.45. The highest BCUT2D eigenvalue weighted by atomic mass is 28.3. The first-order valence-electron chi connectivity index (χ1n) is 21.8. The minimum absolute atomic E-state index is 0.0459. The molecule has 1 nitrogen and oxygen atoms in total. The molecular formula is C60H55NSi-. The Balaban J connectivity index is 1.40. The van der Waals surface area contributed by atoms with Gasteiger partial charge in [0.05, 0.1) is 5.69 Å². The van der Waals surface area contributed by atoms with Crippen molar-refractivity contribution in [2.24, 2.45) is 0 Å². The van der Waals surface area contributed by atoms with Crippen molar-refractivity contribution in [1.82, 2.24) is 0 Å². The zero-order valence-corrected chi connectivity index (χ0v) is 37.9. The van der Waals surface area contributed by atoms with Gasteiger partial charge in [-0.25, -0.2) is 0 Å². The number of nitrogens with zero attached hydrogens (tertiary/aromatic N) is 1. The van der Waals surface area contributed by atoms with Crippen molar-refractivity contribution >= 4 is 58.0 Å². The Hall–Kier alpha value is -6.74. The number of fused-ring (bicyclic) bond motifs is 3. The van der Waals surface area contributed by atoms with Gasteiger partial charge in [-0.1, -0.05) is 225 Å². The van der Waals surface area contributed by atoms with Crippen LogP contribution < -0.4 is 25.6 Å². The first-order chi connectivity index (χ1) is 29.9. The SMILES string of the molecule is C=Cc1ccc([Si-]2(c3ccc(C=C)cc3)c3cc(C(C)(C)C)ccc3-c3c(N(c4ccc(-c5ccccc5)cc4)c4ccc(-c5ccccc5)cc4)cc(C(C)(C)C)cc32)cc1. The van der Waals surface area contributed by atoms with Gasteiger partial charge >= 0.3 is 0 Å². The minimum Gasteiger partial charge on any atom is -0.310 e. The maximum absolute atomic E-state index is 4.13. The van der Waals surface area contributed by atoms with Crippen LogP contribution in [0.3, 0.4) is 0 Å². The molecule has 0 fully saturated rings. The van der Waals surface area contributed by atoms with Crippen molar-refractivity contribution in [3.8, 4) is 33.4 Å². The molecular weight excluding hydrogens is 763 g/mol. The number of rotatable bonds is 9. The summed E-state index contributed by atoms with van der Waals surface area (Å²) < 4.78 is 0. The van der Waals surface area contributed by atoms with Crippen LogP contribution in [0.4, 0.5) is 17.1 Å². The van der Waals surface area contributed by atoms with Gasteiger partial charge < -0.3 is 4.90 Å². The predicted octanol–water partition coefficient (Wildman–Crippen LogP) is 13.7. The van der Waals surface area contributed by atoms with Crippen LogP contribution in [-0.2, 0) is 10.8 Å². The van der Waals surface area contributed by atoms with E-state index in [2.05, 4.69) is 248 Å². The van der Waals surface area contributed by atoms with E-state index in [1.54, 1.807) is 0 Å². The molecule has 1 aliphatic heterocycles. The van der Waals surface area contributed by atoms with Gasteiger partial charge in [0, 0.05) is 11.4 Å². The highest BCUT2D eigenvalue weighted by Crippen LogP contribution is 2.46. The molecule has 0 N–H and O–H groups in total. The van der Waals surface area contributed by atoms with E-state index in [4.69, 9.17) is 0 Å². The van der Waals surface area contributed by atoms with E-state index in [1.807, 2.05) is 12.2 Å². The van der Waals surface area contributed by atoms with E-state index >= 15 is 0 Å². The second kappa shape index (κ2) is 15.9. The first kappa shape index (κ1) is 40.7. The first-order valence-corrected chi connectivity index (χ1v) is 23.8. The molecule has 8 aromatic carbocycles. The van der Waals surface area contributed by atoms with Crippen LogP contribution in [-0.4, -0.2) is 8.07 Å². The van der Waals surface area contributed by atoms with Gasteiger partial charge in [-0.3, -0.25) is 0 Å². The molecule has 0 unspecified atom stereocenters. The minimum atomic E-state index is -3.00. The summed E-state index contributed by atoms with van der Waals surface area (Å²) in [6.45, 7) is 22.3. The third kappa shape index (κ3) is 7.19. The summed E-state index contributed by atoms with van der Waals surface area (Å²) in [5.74, 6) is 0. The fourth-order valence-corrected chi connectivity index (χ4v) is 14.5. The van der Waals surface area contributed by atoms with Gasteiger partial charge in [0.2, 0.25) is 0 Å². The van der Waals surface area contributed by atoms with Crippen molar-refractivity contribution in [2.75, 3.05) is 4.90 Å². The van der Waals surface area contributed by atoms with E-state index in [0.717, 1.165) is 22.5 Å². The van der Waals surface area contributed by atoms with E-state index in [0.29, 0.717) is 0 Å². The van der Waals surface area contributed by atoms with Crippen LogP contribution in [0, 0.1) is 0 Å². The Bertz CT molecular complexity index is 2760. The highest BCUT2D eigenvalue weighted by Gasteiger charge is 2.40. The number of anilines is 3. The third-order valence-electron chi connectivity index (χ3n) is 12.8. The van der Waals surface area contributed by atoms with Crippen LogP contribution in [0.5, 0.6) is 0 Å². The van der Waals surface area contributed by atoms with Gasteiger partial charge in [0.1, 0.15) is 0 Å². The van der Waals surface area contributed by atoms with Gasteiger partial charge in [0.15, 0.2) is 0 Å². The largest absolute Gasteiger partial charge is 0.310 e. The van der Waals surface area contributed by atoms with Crippen LogP contribution in [0.25, 0.3) is 45.5 Å². The quantitative estimate of drug-likeness (QED) is 0.131. The molecule has 0 radical (unpaired) electrons. The Kier molecular flexibility index (Phi) is 10.5. The van der Waals surface area contributed by atoms with E-state index in [9.17, 15) is 0 Å². The molecule has 9 rings (SSSR count). The average Bonchev–Trinajstić information content (AvgIpc) is 3.60. The normalized spacial score (nSPS) is 12.9. The summed E-state index contributed by atoms with van der Waals surface area (Å²) in [6.07, 6.45) is 3.90. The molecule has 1 heterocycles. The summed E-state index contributed by atoms with van der Waals surface area (Å²) in [5, 5.41) is 5.58. The van der Waals surface area contributed by atoms with Crippen LogP contribution >= 0.6 is 0 Å². The fourth-order valence-electron chi connectivity index (χ4n) is 9.32. The van der Waals surface area contributed by atoms with Gasteiger partial charge in [-0.05, 0) is 105 Å². The van der Waals surface area contributed by atoms with Gasteiger partial charge in [0.25, 0.3) is 0 Å². The second-order valence-electron chi connectivity index (χ2n) is 18.7. The molecule has 0 amide bonds. The molecule has 0 spiro atoms. The molecule has 0 aliphatic carbocycles. The second-order valence-corrected chi connectivity index (χ2v) is 22.5. The molecule has 2 heteroatoms. The zero-order chi connectivity index (χ0) is 43.2. The summed E-state index contributed by atoms with van der Waals surface area (Å²) in [4.78, 5) is 2.52. The molecule has 0 aromatic heterocycles.